The molecule has 1 amide bonds. The average Bonchev–Trinajstić information content (AvgIpc) is 2.71. The van der Waals surface area contributed by atoms with E-state index in [-0.39, 0.29) is 17.7 Å². The highest BCUT2D eigenvalue weighted by molar-refractivity contribution is 5.80. The Labute approximate surface area is 141 Å². The van der Waals surface area contributed by atoms with Crippen LogP contribution in [0.1, 0.15) is 30.5 Å². The molecule has 0 saturated heterocycles. The topological polar surface area (TPSA) is 67.8 Å². The lowest BCUT2D eigenvalue weighted by Gasteiger charge is -2.18. The number of carbonyl (C=O) groups is 1. The molecule has 0 unspecified atom stereocenters. The number of rotatable bonds is 3. The van der Waals surface area contributed by atoms with Gasteiger partial charge in [0.2, 0.25) is 11.7 Å². The van der Waals surface area contributed by atoms with Gasteiger partial charge in [0.15, 0.2) is 11.5 Å². The van der Waals surface area contributed by atoms with Gasteiger partial charge in [0.05, 0.1) is 20.3 Å². The molecule has 5 nitrogen and oxygen atoms in total. The summed E-state index contributed by atoms with van der Waals surface area (Å²) >= 11 is 0. The molecule has 0 aromatic heterocycles. The van der Waals surface area contributed by atoms with E-state index in [9.17, 15) is 9.90 Å². The van der Waals surface area contributed by atoms with Crippen molar-refractivity contribution >= 4 is 5.91 Å². The van der Waals surface area contributed by atoms with Gasteiger partial charge in [-0.25, -0.2) is 0 Å². The van der Waals surface area contributed by atoms with E-state index in [0.717, 1.165) is 28.7 Å². The molecule has 0 bridgehead atoms. The molecular weight excluding hydrogens is 306 g/mol. The van der Waals surface area contributed by atoms with E-state index < -0.39 is 0 Å². The van der Waals surface area contributed by atoms with Gasteiger partial charge < -0.3 is 19.9 Å². The summed E-state index contributed by atoms with van der Waals surface area (Å²) in [5, 5.41) is 13.4. The highest BCUT2D eigenvalue weighted by Gasteiger charge is 2.27. The van der Waals surface area contributed by atoms with Crippen molar-refractivity contribution in [1.82, 2.24) is 5.32 Å². The first-order valence-corrected chi connectivity index (χ1v) is 7.90. The van der Waals surface area contributed by atoms with Crippen LogP contribution in [-0.2, 0) is 11.2 Å². The van der Waals surface area contributed by atoms with E-state index in [0.29, 0.717) is 17.9 Å². The van der Waals surface area contributed by atoms with Crippen LogP contribution in [-0.4, -0.2) is 25.2 Å². The van der Waals surface area contributed by atoms with E-state index in [1.165, 1.54) is 14.0 Å². The molecule has 2 aromatic rings. The minimum absolute atomic E-state index is 0.0425. The van der Waals surface area contributed by atoms with Crippen molar-refractivity contribution in [3.8, 4) is 28.4 Å². The molecule has 5 heteroatoms. The third kappa shape index (κ3) is 2.66. The summed E-state index contributed by atoms with van der Waals surface area (Å²) in [6, 6.07) is 9.56. The second-order valence-electron chi connectivity index (χ2n) is 5.87. The van der Waals surface area contributed by atoms with Gasteiger partial charge in [0, 0.05) is 12.5 Å². The fourth-order valence-corrected chi connectivity index (χ4v) is 3.45. The molecule has 2 N–H and O–H groups in total. The number of phenols is 1. The first-order valence-electron chi connectivity index (χ1n) is 7.90. The number of methoxy groups -OCH3 is 2. The summed E-state index contributed by atoms with van der Waals surface area (Å²) < 4.78 is 10.8. The third-order valence-corrected chi connectivity index (χ3v) is 4.41. The van der Waals surface area contributed by atoms with Crippen LogP contribution in [0.2, 0.25) is 0 Å². The molecule has 126 valence electrons. The number of carbonyl (C=O) groups excluding carboxylic acids is 1. The zero-order valence-corrected chi connectivity index (χ0v) is 14.1. The number of aromatic hydroxyl groups is 1. The quantitative estimate of drug-likeness (QED) is 0.908. The van der Waals surface area contributed by atoms with Crippen LogP contribution in [0.5, 0.6) is 17.2 Å². The molecule has 0 aliphatic heterocycles. The van der Waals surface area contributed by atoms with Gasteiger partial charge in [0.25, 0.3) is 0 Å². The number of ether oxygens (including phenoxy) is 2. The molecule has 3 rings (SSSR count). The zero-order chi connectivity index (χ0) is 17.3. The second-order valence-corrected chi connectivity index (χ2v) is 5.87. The van der Waals surface area contributed by atoms with Gasteiger partial charge in [0.1, 0.15) is 0 Å². The van der Waals surface area contributed by atoms with Gasteiger partial charge in [-0.05, 0) is 35.6 Å². The highest BCUT2D eigenvalue weighted by Crippen LogP contribution is 2.48. The van der Waals surface area contributed by atoms with E-state index >= 15 is 0 Å². The molecule has 2 aromatic carbocycles. The van der Waals surface area contributed by atoms with E-state index in [2.05, 4.69) is 5.32 Å². The second kappa shape index (κ2) is 6.43. The molecular formula is C19H21NO4. The maximum Gasteiger partial charge on any atom is 0.217 e. The van der Waals surface area contributed by atoms with Gasteiger partial charge in [-0.2, -0.15) is 0 Å². The maximum absolute atomic E-state index is 11.6. The zero-order valence-electron chi connectivity index (χ0n) is 14.1. The molecule has 0 spiro atoms. The normalized spacial score (nSPS) is 15.7. The lowest BCUT2D eigenvalue weighted by molar-refractivity contribution is -0.119. The number of fused-ring (bicyclic) bond motifs is 3. The smallest absolute Gasteiger partial charge is 0.217 e. The monoisotopic (exact) mass is 327 g/mol. The predicted octanol–water partition coefficient (Wildman–Crippen LogP) is 3.20. The number of hydrogen-bond acceptors (Lipinski definition) is 4. The Bertz CT molecular complexity index is 785. The maximum atomic E-state index is 11.6. The largest absolute Gasteiger partial charge is 0.504 e. The lowest BCUT2D eigenvalue weighted by atomic mass is 9.94. The van der Waals surface area contributed by atoms with Crippen LogP contribution in [0, 0.1) is 0 Å². The number of benzene rings is 2. The van der Waals surface area contributed by atoms with E-state index in [4.69, 9.17) is 9.47 Å². The van der Waals surface area contributed by atoms with Crippen LogP contribution < -0.4 is 14.8 Å². The molecule has 0 saturated carbocycles. The molecule has 0 radical (unpaired) electrons. The Morgan fingerprint density at radius 1 is 1.17 bits per heavy atom. The van der Waals surface area contributed by atoms with Crippen molar-refractivity contribution < 1.29 is 19.4 Å². The first kappa shape index (κ1) is 16.2. The lowest BCUT2D eigenvalue weighted by Crippen LogP contribution is -2.26. The Hall–Kier alpha value is -2.69. The fraction of sp³-hybridized carbons (Fsp3) is 0.316. The van der Waals surface area contributed by atoms with Crippen molar-refractivity contribution in [3.05, 3.63) is 41.5 Å². The predicted molar refractivity (Wildman–Crippen MR) is 91.5 cm³/mol. The molecule has 1 aliphatic carbocycles. The van der Waals surface area contributed by atoms with Crippen molar-refractivity contribution in [1.29, 1.82) is 0 Å². The number of phenolic OH excluding ortho intramolecular Hbond substituents is 1. The minimum atomic E-state index is -0.0797. The summed E-state index contributed by atoms with van der Waals surface area (Å²) in [4.78, 5) is 11.6. The van der Waals surface area contributed by atoms with Gasteiger partial charge in [-0.3, -0.25) is 4.79 Å². The number of hydrogen-bond donors (Lipinski definition) is 2. The van der Waals surface area contributed by atoms with E-state index in [1.807, 2.05) is 24.3 Å². The summed E-state index contributed by atoms with van der Waals surface area (Å²) in [7, 11) is 3.08. The number of nitrogens with one attached hydrogen (secondary N) is 1. The van der Waals surface area contributed by atoms with Gasteiger partial charge >= 0.3 is 0 Å². The van der Waals surface area contributed by atoms with Gasteiger partial charge in [-0.15, -0.1) is 0 Å². The summed E-state index contributed by atoms with van der Waals surface area (Å²) in [5.74, 6) is 0.867. The molecule has 0 heterocycles. The van der Waals surface area contributed by atoms with Crippen LogP contribution >= 0.6 is 0 Å². The van der Waals surface area contributed by atoms with Gasteiger partial charge in [-0.1, -0.05) is 24.3 Å². The van der Waals surface area contributed by atoms with Crippen molar-refractivity contribution in [3.63, 3.8) is 0 Å². The van der Waals surface area contributed by atoms with Crippen LogP contribution in [0.25, 0.3) is 11.1 Å². The summed E-state index contributed by atoms with van der Waals surface area (Å²) in [6.45, 7) is 1.52. The molecule has 24 heavy (non-hydrogen) atoms. The van der Waals surface area contributed by atoms with Crippen molar-refractivity contribution in [2.45, 2.75) is 25.8 Å². The standard InChI is InChI=1S/C19H21NO4/c1-11(21)20-16-9-8-14-15(12-6-4-5-7-13(12)16)10-17(22)19(24-3)18(14)23-2/h4-7,10,16,22H,8-9H2,1-3H3,(H,20,21)/t16-/m0/s1. The fourth-order valence-electron chi connectivity index (χ4n) is 3.45. The first-order chi connectivity index (χ1) is 11.6. The Morgan fingerprint density at radius 3 is 2.54 bits per heavy atom. The van der Waals surface area contributed by atoms with Crippen LogP contribution in [0.15, 0.2) is 30.3 Å². The number of amides is 1. The Kier molecular flexibility index (Phi) is 4.34. The Balaban J connectivity index is 2.24. The molecule has 1 aliphatic rings. The summed E-state index contributed by atoms with van der Waals surface area (Å²) in [5.41, 5.74) is 3.92. The average molecular weight is 327 g/mol. The molecule has 0 fully saturated rings. The highest BCUT2D eigenvalue weighted by atomic mass is 16.5. The SMILES string of the molecule is COc1c(O)cc2c(c1OC)CC[C@H](NC(C)=O)c1ccccc1-2. The minimum Gasteiger partial charge on any atom is -0.504 e. The summed E-state index contributed by atoms with van der Waals surface area (Å²) in [6.07, 6.45) is 1.45. The van der Waals surface area contributed by atoms with Crippen molar-refractivity contribution in [2.24, 2.45) is 0 Å². The van der Waals surface area contributed by atoms with Crippen LogP contribution in [0.4, 0.5) is 0 Å². The van der Waals surface area contributed by atoms with Crippen LogP contribution in [0.3, 0.4) is 0 Å². The molecule has 1 atom stereocenters. The van der Waals surface area contributed by atoms with Crippen molar-refractivity contribution in [2.75, 3.05) is 14.2 Å². The third-order valence-electron chi connectivity index (χ3n) is 4.41. The van der Waals surface area contributed by atoms with E-state index in [1.54, 1.807) is 13.2 Å². The Morgan fingerprint density at radius 2 is 1.88 bits per heavy atom.